The van der Waals surface area contributed by atoms with E-state index < -0.39 is 16.1 Å². The zero-order chi connectivity index (χ0) is 9.02. The molecule has 0 aliphatic rings. The zero-order valence-corrected chi connectivity index (χ0v) is 10.9. The van der Waals surface area contributed by atoms with Crippen LogP contribution in [0.5, 0.6) is 0 Å². The van der Waals surface area contributed by atoms with Gasteiger partial charge in [0.2, 0.25) is 0 Å². The zero-order valence-electron chi connectivity index (χ0n) is 8.11. The normalized spacial score (nSPS) is 18.1. The van der Waals surface area contributed by atoms with Crippen LogP contribution in [0.15, 0.2) is 0 Å². The van der Waals surface area contributed by atoms with Crippen LogP contribution in [0.2, 0.25) is 0 Å². The van der Waals surface area contributed by atoms with Crippen LogP contribution in [-0.4, -0.2) is 10.5 Å². The van der Waals surface area contributed by atoms with Crippen molar-refractivity contribution < 1.29 is 43.1 Å². The van der Waals surface area contributed by atoms with Crippen molar-refractivity contribution in [2.75, 3.05) is 0 Å². The molecule has 5 heteroatoms. The smallest absolute Gasteiger partial charge is 0.422 e. The van der Waals surface area contributed by atoms with Crippen LogP contribution in [0.3, 0.4) is 0 Å². The third kappa shape index (κ3) is 4.82. The molecule has 3 unspecified atom stereocenters. The molecule has 0 aliphatic carbocycles. The standard InChI is InChI=1S/C7H15O3S.Na/c1-4-5(2)6(3)7(8)11(9)10;/h5-8H,4H2,1-3H3;/q-1;+1. The third-order valence-corrected chi connectivity index (χ3v) is 3.01. The van der Waals surface area contributed by atoms with Crippen molar-refractivity contribution in [1.82, 2.24) is 0 Å². The summed E-state index contributed by atoms with van der Waals surface area (Å²) in [6.07, 6.45) is 0.884. The first kappa shape index (κ1) is 15.4. The van der Waals surface area contributed by atoms with E-state index in [1.807, 2.05) is 13.8 Å². The molecule has 3 atom stereocenters. The minimum atomic E-state index is -2.36. The molecule has 0 spiro atoms. The molecule has 3 nitrogen and oxygen atoms in total. The van der Waals surface area contributed by atoms with E-state index in [4.69, 9.17) is 5.11 Å². The molecule has 0 saturated carbocycles. The van der Waals surface area contributed by atoms with Crippen LogP contribution < -0.4 is 29.6 Å². The molecule has 0 bridgehead atoms. The van der Waals surface area contributed by atoms with Gasteiger partial charge in [-0.05, 0) is 22.5 Å². The number of hydrogen-bond donors (Lipinski definition) is 1. The van der Waals surface area contributed by atoms with E-state index in [9.17, 15) is 8.42 Å². The van der Waals surface area contributed by atoms with Gasteiger partial charge in [-0.1, -0.05) is 27.2 Å². The number of hydrogen-bond acceptors (Lipinski definition) is 4. The van der Waals surface area contributed by atoms with E-state index in [-0.39, 0.29) is 41.4 Å². The maximum Gasteiger partial charge on any atom is 1.00 e. The third-order valence-electron chi connectivity index (χ3n) is 2.19. The van der Waals surface area contributed by atoms with Gasteiger partial charge in [-0.15, -0.1) is 0 Å². The predicted molar refractivity (Wildman–Crippen MR) is 43.4 cm³/mol. The SMILES string of the molecule is CCC(C)C(C)C(O)[S-](=O)=O.[Na+]. The molecule has 0 fully saturated rings. The molecule has 0 rings (SSSR count). The van der Waals surface area contributed by atoms with Crippen molar-refractivity contribution in [1.29, 1.82) is 0 Å². The Labute approximate surface area is 97.8 Å². The summed E-state index contributed by atoms with van der Waals surface area (Å²) in [5, 5.41) is 9.08. The van der Waals surface area contributed by atoms with Gasteiger partial charge in [0.25, 0.3) is 0 Å². The largest absolute Gasteiger partial charge is 1.00 e. The van der Waals surface area contributed by atoms with E-state index in [0.29, 0.717) is 0 Å². The molecule has 68 valence electrons. The predicted octanol–water partition coefficient (Wildman–Crippen LogP) is -1.70. The molecule has 12 heavy (non-hydrogen) atoms. The molecule has 0 amide bonds. The maximum atomic E-state index is 10.3. The number of aliphatic hydroxyl groups excluding tert-OH is 1. The summed E-state index contributed by atoms with van der Waals surface area (Å²) in [4.78, 5) is 0. The number of aliphatic hydroxyl groups is 1. The van der Waals surface area contributed by atoms with Crippen LogP contribution in [0.1, 0.15) is 27.2 Å². The quantitative estimate of drug-likeness (QED) is 0.437. The van der Waals surface area contributed by atoms with Crippen LogP contribution in [0, 0.1) is 11.8 Å². The van der Waals surface area contributed by atoms with Gasteiger partial charge < -0.3 is 13.5 Å². The van der Waals surface area contributed by atoms with Crippen LogP contribution in [0.25, 0.3) is 0 Å². The van der Waals surface area contributed by atoms with Gasteiger partial charge in [0.15, 0.2) is 0 Å². The van der Waals surface area contributed by atoms with Crippen molar-refractivity contribution in [2.24, 2.45) is 11.8 Å². The molecule has 0 radical (unpaired) electrons. The second-order valence-electron chi connectivity index (χ2n) is 2.90. The molecular weight excluding hydrogens is 187 g/mol. The van der Waals surface area contributed by atoms with E-state index in [1.165, 1.54) is 0 Å². The van der Waals surface area contributed by atoms with Crippen molar-refractivity contribution >= 4 is 10.7 Å². The van der Waals surface area contributed by atoms with Gasteiger partial charge in [-0.3, -0.25) is 0 Å². The number of rotatable bonds is 4. The average Bonchev–Trinajstić information content (AvgIpc) is 2.00. The minimum Gasteiger partial charge on any atom is -0.422 e. The van der Waals surface area contributed by atoms with E-state index in [2.05, 4.69) is 0 Å². The molecule has 0 heterocycles. The van der Waals surface area contributed by atoms with E-state index in [1.54, 1.807) is 6.92 Å². The van der Waals surface area contributed by atoms with Crippen molar-refractivity contribution in [2.45, 2.75) is 32.6 Å². The van der Waals surface area contributed by atoms with Crippen molar-refractivity contribution in [3.05, 3.63) is 0 Å². The minimum absolute atomic E-state index is 0. The summed E-state index contributed by atoms with van der Waals surface area (Å²) in [5.41, 5.74) is -1.22. The fourth-order valence-corrected chi connectivity index (χ4v) is 1.45. The first-order valence-electron chi connectivity index (χ1n) is 3.76. The summed E-state index contributed by atoms with van der Waals surface area (Å²) in [6, 6.07) is 0. The topological polar surface area (TPSA) is 54.4 Å². The van der Waals surface area contributed by atoms with E-state index >= 15 is 0 Å². The Morgan fingerprint density at radius 1 is 1.33 bits per heavy atom. The molecule has 0 aromatic heterocycles. The Hall–Kier alpha value is 0.910. The Bertz CT molecular complexity index is 173. The Morgan fingerprint density at radius 3 is 2.00 bits per heavy atom. The van der Waals surface area contributed by atoms with Gasteiger partial charge in [-0.2, -0.15) is 0 Å². The first-order chi connectivity index (χ1) is 5.00. The van der Waals surface area contributed by atoms with E-state index in [0.717, 1.165) is 6.42 Å². The van der Waals surface area contributed by atoms with Crippen LogP contribution in [-0.2, 0) is 19.1 Å². The molecule has 0 aliphatic heterocycles. The Kier molecular flexibility index (Phi) is 9.39. The molecular formula is C7H15NaO3S. The van der Waals surface area contributed by atoms with Gasteiger partial charge in [-0.25, -0.2) is 0 Å². The van der Waals surface area contributed by atoms with Gasteiger partial charge in [0.1, 0.15) is 0 Å². The van der Waals surface area contributed by atoms with Gasteiger partial charge in [0, 0.05) is 5.44 Å². The molecule has 0 aromatic carbocycles. The Morgan fingerprint density at radius 2 is 1.75 bits per heavy atom. The second kappa shape index (κ2) is 7.33. The van der Waals surface area contributed by atoms with Crippen LogP contribution >= 0.6 is 0 Å². The summed E-state index contributed by atoms with van der Waals surface area (Å²) >= 11 is 0. The molecule has 0 saturated heterocycles. The fourth-order valence-electron chi connectivity index (χ4n) is 0.828. The second-order valence-corrected chi connectivity index (χ2v) is 3.90. The summed E-state index contributed by atoms with van der Waals surface area (Å²) < 4.78 is 20.6. The summed E-state index contributed by atoms with van der Waals surface area (Å²) in [7, 11) is -2.36. The first-order valence-corrected chi connectivity index (χ1v) is 4.90. The Balaban J connectivity index is 0. The maximum absolute atomic E-state index is 10.3. The van der Waals surface area contributed by atoms with Gasteiger partial charge >= 0.3 is 29.6 Å². The fraction of sp³-hybridized carbons (Fsp3) is 1.00. The summed E-state index contributed by atoms with van der Waals surface area (Å²) in [6.45, 7) is 5.65. The van der Waals surface area contributed by atoms with Gasteiger partial charge in [0.05, 0.1) is 0 Å². The van der Waals surface area contributed by atoms with Crippen molar-refractivity contribution in [3.63, 3.8) is 0 Å². The molecule has 1 N–H and O–H groups in total. The molecule has 0 aromatic rings. The van der Waals surface area contributed by atoms with Crippen LogP contribution in [0.4, 0.5) is 0 Å². The summed E-state index contributed by atoms with van der Waals surface area (Å²) in [5.74, 6) is 0.0567. The average molecular weight is 202 g/mol. The monoisotopic (exact) mass is 202 g/mol. The van der Waals surface area contributed by atoms with Crippen molar-refractivity contribution in [3.8, 4) is 0 Å².